The van der Waals surface area contributed by atoms with E-state index in [0.29, 0.717) is 26.2 Å². The summed E-state index contributed by atoms with van der Waals surface area (Å²) in [5, 5.41) is 10.1. The first-order valence-electron chi connectivity index (χ1n) is 9.68. The summed E-state index contributed by atoms with van der Waals surface area (Å²) >= 11 is 0. The van der Waals surface area contributed by atoms with Gasteiger partial charge in [0.1, 0.15) is 11.6 Å². The number of hydrogen-bond acceptors (Lipinski definition) is 3. The van der Waals surface area contributed by atoms with Crippen LogP contribution in [0.5, 0.6) is 5.75 Å². The molecule has 2 aliphatic rings. The average Bonchev–Trinajstić information content (AvgIpc) is 3.20. The molecular weight excluding hydrogens is 343 g/mol. The smallest absolute Gasteiger partial charge is 0.233 e. The number of phenolic OH excluding ortho intramolecular Hbond substituents is 1. The maximum absolute atomic E-state index is 13.5. The number of carbonyl (C=O) groups is 1. The number of anilines is 1. The van der Waals surface area contributed by atoms with Gasteiger partial charge in [0.05, 0.1) is 11.1 Å². The second kappa shape index (κ2) is 7.22. The molecular formula is C22H25FN2O2. The zero-order chi connectivity index (χ0) is 18.9. The van der Waals surface area contributed by atoms with Crippen molar-refractivity contribution >= 4 is 11.6 Å². The van der Waals surface area contributed by atoms with Crippen LogP contribution in [0, 0.1) is 5.82 Å². The summed E-state index contributed by atoms with van der Waals surface area (Å²) in [4.78, 5) is 17.6. The highest BCUT2D eigenvalue weighted by Gasteiger charge is 2.45. The van der Waals surface area contributed by atoms with Gasteiger partial charge in [-0.2, -0.15) is 0 Å². The first-order valence-corrected chi connectivity index (χ1v) is 9.68. The van der Waals surface area contributed by atoms with Crippen LogP contribution in [-0.2, 0) is 10.2 Å². The van der Waals surface area contributed by atoms with Crippen molar-refractivity contribution in [1.29, 1.82) is 0 Å². The Balaban J connectivity index is 1.51. The summed E-state index contributed by atoms with van der Waals surface area (Å²) in [7, 11) is 0. The van der Waals surface area contributed by atoms with Crippen molar-refractivity contribution in [2.75, 3.05) is 31.1 Å². The highest BCUT2D eigenvalue weighted by atomic mass is 19.1. The van der Waals surface area contributed by atoms with Gasteiger partial charge in [-0.3, -0.25) is 4.79 Å². The lowest BCUT2D eigenvalue weighted by molar-refractivity contribution is -0.137. The lowest BCUT2D eigenvalue weighted by Gasteiger charge is -2.41. The fourth-order valence-electron chi connectivity index (χ4n) is 4.56. The van der Waals surface area contributed by atoms with Gasteiger partial charge in [0.25, 0.3) is 0 Å². The summed E-state index contributed by atoms with van der Waals surface area (Å²) in [5.74, 6) is 0.176. The van der Waals surface area contributed by atoms with Crippen LogP contribution < -0.4 is 4.90 Å². The Kier molecular flexibility index (Phi) is 4.77. The van der Waals surface area contributed by atoms with Crippen LogP contribution in [0.25, 0.3) is 0 Å². The minimum absolute atomic E-state index is 0.170. The van der Waals surface area contributed by atoms with Crippen molar-refractivity contribution < 1.29 is 14.3 Å². The van der Waals surface area contributed by atoms with Crippen molar-refractivity contribution in [2.24, 2.45) is 0 Å². The molecule has 2 fully saturated rings. The number of para-hydroxylation sites is 2. The van der Waals surface area contributed by atoms with E-state index in [1.165, 1.54) is 12.1 Å². The standard InChI is InChI=1S/C22H25FN2O2/c23-18-9-7-17(8-10-18)22(11-3-4-12-22)21(27)25-15-13-24(14-16-25)19-5-1-2-6-20(19)26/h1-2,5-10,26H,3-4,11-16H2. The number of phenols is 1. The van der Waals surface area contributed by atoms with E-state index in [9.17, 15) is 14.3 Å². The van der Waals surface area contributed by atoms with Gasteiger partial charge < -0.3 is 14.9 Å². The molecule has 0 bridgehead atoms. The largest absolute Gasteiger partial charge is 0.506 e. The molecule has 1 aliphatic heterocycles. The lowest BCUT2D eigenvalue weighted by Crippen LogP contribution is -2.54. The molecule has 2 aromatic carbocycles. The molecule has 5 heteroatoms. The van der Waals surface area contributed by atoms with Crippen LogP contribution in [0.1, 0.15) is 31.2 Å². The Bertz CT molecular complexity index is 807. The minimum Gasteiger partial charge on any atom is -0.506 e. The molecule has 142 valence electrons. The quantitative estimate of drug-likeness (QED) is 0.899. The molecule has 0 aromatic heterocycles. The third-order valence-corrected chi connectivity index (χ3v) is 6.05. The third kappa shape index (κ3) is 3.27. The molecule has 1 heterocycles. The zero-order valence-electron chi connectivity index (χ0n) is 15.4. The van der Waals surface area contributed by atoms with Gasteiger partial charge in [-0.05, 0) is 42.7 Å². The average molecular weight is 368 g/mol. The highest BCUT2D eigenvalue weighted by molar-refractivity contribution is 5.89. The Hall–Kier alpha value is -2.56. The Morgan fingerprint density at radius 2 is 1.56 bits per heavy atom. The van der Waals surface area contributed by atoms with Crippen molar-refractivity contribution in [2.45, 2.75) is 31.1 Å². The third-order valence-electron chi connectivity index (χ3n) is 6.05. The monoisotopic (exact) mass is 368 g/mol. The number of piperazine rings is 1. The van der Waals surface area contributed by atoms with Gasteiger partial charge in [0.15, 0.2) is 0 Å². The van der Waals surface area contributed by atoms with E-state index in [1.807, 2.05) is 23.1 Å². The predicted octanol–water partition coefficient (Wildman–Crippen LogP) is 3.69. The van der Waals surface area contributed by atoms with E-state index >= 15 is 0 Å². The van der Waals surface area contributed by atoms with E-state index in [2.05, 4.69) is 4.90 Å². The molecule has 1 aliphatic carbocycles. The summed E-state index contributed by atoms with van der Waals surface area (Å²) < 4.78 is 13.4. The molecule has 4 rings (SSSR count). The number of benzene rings is 2. The normalized spacial score (nSPS) is 19.3. The van der Waals surface area contributed by atoms with Crippen molar-refractivity contribution in [1.82, 2.24) is 4.90 Å². The SMILES string of the molecule is O=C(N1CCN(c2ccccc2O)CC1)C1(c2ccc(F)cc2)CCCC1. The fourth-order valence-corrected chi connectivity index (χ4v) is 4.56. The van der Waals surface area contributed by atoms with E-state index < -0.39 is 5.41 Å². The molecule has 0 spiro atoms. The van der Waals surface area contributed by atoms with E-state index in [0.717, 1.165) is 36.9 Å². The van der Waals surface area contributed by atoms with Gasteiger partial charge >= 0.3 is 0 Å². The van der Waals surface area contributed by atoms with Crippen LogP contribution in [0.15, 0.2) is 48.5 Å². The molecule has 1 N–H and O–H groups in total. The lowest BCUT2D eigenvalue weighted by atomic mass is 9.77. The minimum atomic E-state index is -0.509. The van der Waals surface area contributed by atoms with Gasteiger partial charge in [-0.15, -0.1) is 0 Å². The van der Waals surface area contributed by atoms with Gasteiger partial charge in [-0.25, -0.2) is 4.39 Å². The maximum atomic E-state index is 13.5. The van der Waals surface area contributed by atoms with E-state index in [1.54, 1.807) is 18.2 Å². The van der Waals surface area contributed by atoms with Crippen LogP contribution in [-0.4, -0.2) is 42.1 Å². The van der Waals surface area contributed by atoms with Crippen LogP contribution in [0.4, 0.5) is 10.1 Å². The highest BCUT2D eigenvalue weighted by Crippen LogP contribution is 2.43. The van der Waals surface area contributed by atoms with E-state index in [4.69, 9.17) is 0 Å². The summed E-state index contributed by atoms with van der Waals surface area (Å²) in [6, 6.07) is 13.8. The van der Waals surface area contributed by atoms with Gasteiger partial charge in [0, 0.05) is 26.2 Å². The summed E-state index contributed by atoms with van der Waals surface area (Å²) in [6.45, 7) is 2.66. The topological polar surface area (TPSA) is 43.8 Å². The molecule has 1 amide bonds. The first-order chi connectivity index (χ1) is 13.1. The maximum Gasteiger partial charge on any atom is 0.233 e. The van der Waals surface area contributed by atoms with Crippen LogP contribution >= 0.6 is 0 Å². The number of amides is 1. The number of aromatic hydroxyl groups is 1. The number of hydrogen-bond donors (Lipinski definition) is 1. The molecule has 2 aromatic rings. The summed E-state index contributed by atoms with van der Waals surface area (Å²) in [5.41, 5.74) is 1.25. The molecule has 0 radical (unpaired) electrons. The zero-order valence-corrected chi connectivity index (χ0v) is 15.4. The van der Waals surface area contributed by atoms with Crippen LogP contribution in [0.2, 0.25) is 0 Å². The van der Waals surface area contributed by atoms with Crippen molar-refractivity contribution in [3.8, 4) is 5.75 Å². The van der Waals surface area contributed by atoms with Gasteiger partial charge in [0.2, 0.25) is 5.91 Å². The first kappa shape index (κ1) is 17.8. The number of nitrogens with zero attached hydrogens (tertiary/aromatic N) is 2. The second-order valence-corrected chi connectivity index (χ2v) is 7.56. The molecule has 27 heavy (non-hydrogen) atoms. The fraction of sp³-hybridized carbons (Fsp3) is 0.409. The van der Waals surface area contributed by atoms with Crippen LogP contribution in [0.3, 0.4) is 0 Å². The Labute approximate surface area is 159 Å². The number of carbonyl (C=O) groups excluding carboxylic acids is 1. The number of rotatable bonds is 3. The Morgan fingerprint density at radius 1 is 0.926 bits per heavy atom. The number of halogens is 1. The predicted molar refractivity (Wildman–Crippen MR) is 103 cm³/mol. The Morgan fingerprint density at radius 3 is 2.19 bits per heavy atom. The summed E-state index contributed by atoms with van der Waals surface area (Å²) in [6.07, 6.45) is 3.72. The molecule has 1 saturated heterocycles. The second-order valence-electron chi connectivity index (χ2n) is 7.56. The van der Waals surface area contributed by atoms with Crippen molar-refractivity contribution in [3.63, 3.8) is 0 Å². The van der Waals surface area contributed by atoms with Crippen molar-refractivity contribution in [3.05, 3.63) is 59.9 Å². The molecule has 0 unspecified atom stereocenters. The molecule has 4 nitrogen and oxygen atoms in total. The molecule has 0 atom stereocenters. The molecule has 1 saturated carbocycles. The van der Waals surface area contributed by atoms with Gasteiger partial charge in [-0.1, -0.05) is 37.1 Å². The van der Waals surface area contributed by atoms with E-state index in [-0.39, 0.29) is 17.5 Å².